The van der Waals surface area contributed by atoms with Crippen molar-refractivity contribution in [1.82, 2.24) is 9.88 Å². The maximum Gasteiger partial charge on any atom is 0.410 e. The molecule has 0 spiro atoms. The lowest BCUT2D eigenvalue weighted by Crippen LogP contribution is -2.36. The monoisotopic (exact) mass is 423 g/mol. The average Bonchev–Trinajstić information content (AvgIpc) is 3.15. The number of H-pyrrole nitrogens is 1. The van der Waals surface area contributed by atoms with Gasteiger partial charge in [0, 0.05) is 29.2 Å². The van der Waals surface area contributed by atoms with Crippen molar-refractivity contribution in [2.24, 2.45) is 0 Å². The Kier molecular flexibility index (Phi) is 6.53. The Balaban J connectivity index is 1.78. The summed E-state index contributed by atoms with van der Waals surface area (Å²) in [5, 5.41) is 3.87. The SMILES string of the molecule is CCN(Cc1ccccc1NC(=O)c1cc2ccc(OC)cc2[nH]1)C(=O)OC(C)(C)C. The first kappa shape index (κ1) is 22.2. The molecule has 7 heteroatoms. The summed E-state index contributed by atoms with van der Waals surface area (Å²) in [6.45, 7) is 8.21. The Morgan fingerprint density at radius 1 is 1.10 bits per heavy atom. The van der Waals surface area contributed by atoms with Gasteiger partial charge < -0.3 is 24.7 Å². The molecule has 1 aromatic heterocycles. The number of methoxy groups -OCH3 is 1. The van der Waals surface area contributed by atoms with Crippen LogP contribution in [0.1, 0.15) is 43.7 Å². The molecule has 2 aromatic carbocycles. The van der Waals surface area contributed by atoms with Gasteiger partial charge in [-0.25, -0.2) is 4.79 Å². The third-order valence-electron chi connectivity index (χ3n) is 4.73. The van der Waals surface area contributed by atoms with E-state index in [0.717, 1.165) is 16.5 Å². The normalized spacial score (nSPS) is 11.3. The molecule has 0 unspecified atom stereocenters. The van der Waals surface area contributed by atoms with Crippen molar-refractivity contribution < 1.29 is 19.1 Å². The van der Waals surface area contributed by atoms with Crippen molar-refractivity contribution in [2.45, 2.75) is 39.8 Å². The van der Waals surface area contributed by atoms with E-state index in [-0.39, 0.29) is 12.0 Å². The molecule has 3 rings (SSSR count). The fourth-order valence-corrected chi connectivity index (χ4v) is 3.16. The molecule has 164 valence electrons. The Morgan fingerprint density at radius 3 is 2.52 bits per heavy atom. The minimum absolute atomic E-state index is 0.261. The first-order valence-corrected chi connectivity index (χ1v) is 10.2. The molecule has 0 radical (unpaired) electrons. The van der Waals surface area contributed by atoms with Crippen LogP contribution in [0.15, 0.2) is 48.5 Å². The lowest BCUT2D eigenvalue weighted by molar-refractivity contribution is 0.0245. The molecule has 7 nitrogen and oxygen atoms in total. The van der Waals surface area contributed by atoms with E-state index in [0.29, 0.717) is 30.2 Å². The van der Waals surface area contributed by atoms with Gasteiger partial charge in [0.05, 0.1) is 13.7 Å². The fraction of sp³-hybridized carbons (Fsp3) is 0.333. The first-order valence-electron chi connectivity index (χ1n) is 10.2. The number of anilines is 1. The molecular weight excluding hydrogens is 394 g/mol. The summed E-state index contributed by atoms with van der Waals surface area (Å²) in [6, 6.07) is 14.8. The molecule has 1 heterocycles. The van der Waals surface area contributed by atoms with Crippen LogP contribution in [0.4, 0.5) is 10.5 Å². The Hall–Kier alpha value is -3.48. The number of aromatic amines is 1. The summed E-state index contributed by atoms with van der Waals surface area (Å²) in [6.07, 6.45) is -0.388. The van der Waals surface area contributed by atoms with Gasteiger partial charge in [-0.1, -0.05) is 18.2 Å². The highest BCUT2D eigenvalue weighted by molar-refractivity contribution is 6.06. The number of fused-ring (bicyclic) bond motifs is 1. The van der Waals surface area contributed by atoms with Gasteiger partial charge in [0.15, 0.2) is 0 Å². The molecule has 0 aliphatic heterocycles. The maximum atomic E-state index is 12.9. The minimum Gasteiger partial charge on any atom is -0.497 e. The third-order valence-corrected chi connectivity index (χ3v) is 4.73. The van der Waals surface area contributed by atoms with E-state index in [4.69, 9.17) is 9.47 Å². The molecule has 2 amide bonds. The van der Waals surface area contributed by atoms with Crippen molar-refractivity contribution in [3.63, 3.8) is 0 Å². The molecule has 0 fully saturated rings. The van der Waals surface area contributed by atoms with Crippen molar-refractivity contribution in [3.8, 4) is 5.75 Å². The van der Waals surface area contributed by atoms with E-state index in [1.165, 1.54) is 0 Å². The zero-order chi connectivity index (χ0) is 22.6. The number of nitrogens with one attached hydrogen (secondary N) is 2. The molecule has 0 bridgehead atoms. The van der Waals surface area contributed by atoms with Crippen LogP contribution < -0.4 is 10.1 Å². The smallest absolute Gasteiger partial charge is 0.410 e. The number of amides is 2. The fourth-order valence-electron chi connectivity index (χ4n) is 3.16. The average molecular weight is 424 g/mol. The Morgan fingerprint density at radius 2 is 1.84 bits per heavy atom. The van der Waals surface area contributed by atoms with Crippen LogP contribution in [-0.2, 0) is 11.3 Å². The number of hydrogen-bond donors (Lipinski definition) is 2. The molecular formula is C24H29N3O4. The van der Waals surface area contributed by atoms with Crippen LogP contribution >= 0.6 is 0 Å². The van der Waals surface area contributed by atoms with E-state index in [9.17, 15) is 9.59 Å². The second-order valence-electron chi connectivity index (χ2n) is 8.24. The predicted octanol–water partition coefficient (Wildman–Crippen LogP) is 5.19. The van der Waals surface area contributed by atoms with Gasteiger partial charge in [-0.05, 0) is 57.5 Å². The summed E-state index contributed by atoms with van der Waals surface area (Å²) in [4.78, 5) is 30.1. The van der Waals surface area contributed by atoms with Gasteiger partial charge in [0.2, 0.25) is 0 Å². The number of ether oxygens (including phenoxy) is 2. The molecule has 0 atom stereocenters. The summed E-state index contributed by atoms with van der Waals surface area (Å²) in [7, 11) is 1.60. The third kappa shape index (κ3) is 5.57. The Labute approximate surface area is 182 Å². The van der Waals surface area contributed by atoms with Crippen molar-refractivity contribution in [2.75, 3.05) is 19.0 Å². The summed E-state index contributed by atoms with van der Waals surface area (Å²) in [5.41, 5.74) is 2.15. The maximum absolute atomic E-state index is 12.9. The molecule has 31 heavy (non-hydrogen) atoms. The van der Waals surface area contributed by atoms with Crippen LogP contribution in [-0.4, -0.2) is 41.1 Å². The van der Waals surface area contributed by atoms with E-state index in [2.05, 4.69) is 10.3 Å². The largest absolute Gasteiger partial charge is 0.497 e. The number of rotatable bonds is 6. The van der Waals surface area contributed by atoms with Crippen LogP contribution in [0.5, 0.6) is 5.75 Å². The summed E-state index contributed by atoms with van der Waals surface area (Å²) < 4.78 is 10.7. The zero-order valence-corrected chi connectivity index (χ0v) is 18.6. The number of carbonyl (C=O) groups excluding carboxylic acids is 2. The predicted molar refractivity (Wildman–Crippen MR) is 122 cm³/mol. The second-order valence-corrected chi connectivity index (χ2v) is 8.24. The highest BCUT2D eigenvalue weighted by Crippen LogP contribution is 2.23. The van der Waals surface area contributed by atoms with E-state index < -0.39 is 5.60 Å². The van der Waals surface area contributed by atoms with Crippen molar-refractivity contribution in [1.29, 1.82) is 0 Å². The quantitative estimate of drug-likeness (QED) is 0.572. The highest BCUT2D eigenvalue weighted by Gasteiger charge is 2.22. The molecule has 0 aliphatic carbocycles. The van der Waals surface area contributed by atoms with Gasteiger partial charge in [0.1, 0.15) is 17.0 Å². The molecule has 0 aliphatic rings. The van der Waals surface area contributed by atoms with E-state index in [1.54, 1.807) is 18.1 Å². The van der Waals surface area contributed by atoms with Gasteiger partial charge in [-0.2, -0.15) is 0 Å². The number of carbonyl (C=O) groups is 2. The number of nitrogens with zero attached hydrogens (tertiary/aromatic N) is 1. The van der Waals surface area contributed by atoms with Crippen molar-refractivity contribution >= 4 is 28.6 Å². The van der Waals surface area contributed by atoms with Crippen LogP contribution in [0.2, 0.25) is 0 Å². The summed E-state index contributed by atoms with van der Waals surface area (Å²) >= 11 is 0. The van der Waals surface area contributed by atoms with E-state index in [1.807, 2.05) is 70.2 Å². The first-order chi connectivity index (χ1) is 14.7. The summed E-state index contributed by atoms with van der Waals surface area (Å²) in [5.74, 6) is 0.455. The molecule has 0 saturated heterocycles. The lowest BCUT2D eigenvalue weighted by Gasteiger charge is -2.27. The van der Waals surface area contributed by atoms with Gasteiger partial charge in [-0.3, -0.25) is 4.79 Å². The Bertz CT molecular complexity index is 1080. The standard InChI is InChI=1S/C24H29N3O4/c1-6-27(23(29)31-24(2,3)4)15-17-9-7-8-10-19(17)26-22(28)21-13-16-11-12-18(30-5)14-20(16)25-21/h7-14,25H,6,15H2,1-5H3,(H,26,28). The number of hydrogen-bond acceptors (Lipinski definition) is 4. The van der Waals surface area contributed by atoms with Crippen molar-refractivity contribution in [3.05, 3.63) is 59.8 Å². The highest BCUT2D eigenvalue weighted by atomic mass is 16.6. The second kappa shape index (κ2) is 9.12. The lowest BCUT2D eigenvalue weighted by atomic mass is 10.1. The van der Waals surface area contributed by atoms with Gasteiger partial charge >= 0.3 is 6.09 Å². The minimum atomic E-state index is -0.573. The molecule has 3 aromatic rings. The molecule has 0 saturated carbocycles. The topological polar surface area (TPSA) is 83.7 Å². The zero-order valence-electron chi connectivity index (χ0n) is 18.6. The van der Waals surface area contributed by atoms with Gasteiger partial charge in [-0.15, -0.1) is 0 Å². The molecule has 2 N–H and O–H groups in total. The van der Waals surface area contributed by atoms with Gasteiger partial charge in [0.25, 0.3) is 5.91 Å². The van der Waals surface area contributed by atoms with Crippen LogP contribution in [0, 0.1) is 0 Å². The number of benzene rings is 2. The number of para-hydroxylation sites is 1. The number of aromatic nitrogens is 1. The van der Waals surface area contributed by atoms with Crippen LogP contribution in [0.3, 0.4) is 0 Å². The van der Waals surface area contributed by atoms with Crippen LogP contribution in [0.25, 0.3) is 10.9 Å². The van der Waals surface area contributed by atoms with E-state index >= 15 is 0 Å².